The number of nitriles is 1. The van der Waals surface area contributed by atoms with Crippen LogP contribution < -0.4 is 4.57 Å². The highest BCUT2D eigenvalue weighted by Crippen LogP contribution is 2.42. The van der Waals surface area contributed by atoms with Crippen molar-refractivity contribution in [3.05, 3.63) is 114 Å². The van der Waals surface area contributed by atoms with Gasteiger partial charge < -0.3 is 4.42 Å². The van der Waals surface area contributed by atoms with Gasteiger partial charge in [-0.3, -0.25) is 0 Å². The minimum absolute atomic E-state index is 0.421. The van der Waals surface area contributed by atoms with E-state index < -0.39 is 0 Å². The van der Waals surface area contributed by atoms with E-state index in [-0.39, 0.29) is 0 Å². The van der Waals surface area contributed by atoms with Gasteiger partial charge in [-0.15, -0.1) is 0 Å². The summed E-state index contributed by atoms with van der Waals surface area (Å²) in [6.07, 6.45) is 2.13. The summed E-state index contributed by atoms with van der Waals surface area (Å²) < 4.78 is 8.98. The van der Waals surface area contributed by atoms with Crippen LogP contribution in [0.4, 0.5) is 0 Å². The number of hydrogen-bond donors (Lipinski definition) is 0. The van der Waals surface area contributed by atoms with E-state index in [0.717, 1.165) is 55.3 Å². The fourth-order valence-electron chi connectivity index (χ4n) is 5.99. The Labute approximate surface area is 233 Å². The lowest BCUT2D eigenvalue weighted by molar-refractivity contribution is -0.660. The molecule has 2 aromatic heterocycles. The number of aryl methyl sites for hydroxylation is 2. The SMILES string of the molecule is Cc1ccc2c(oc3c(-c4ccc5cc6ccccc6cc5c4)c(C#N)ccc32)c1-c1cc(C(C)C)cc[n+]1C. The van der Waals surface area contributed by atoms with Crippen LogP contribution in [0.25, 0.3) is 65.9 Å². The fraction of sp³-hybridized carbons (Fsp3) is 0.135. The molecule has 192 valence electrons. The van der Waals surface area contributed by atoms with Crippen molar-refractivity contribution in [1.82, 2.24) is 0 Å². The molecule has 0 saturated carbocycles. The van der Waals surface area contributed by atoms with Crippen molar-refractivity contribution in [2.75, 3.05) is 0 Å². The number of furan rings is 1. The predicted molar refractivity (Wildman–Crippen MR) is 164 cm³/mol. The largest absolute Gasteiger partial charge is 0.454 e. The first-order valence-electron chi connectivity index (χ1n) is 13.7. The average Bonchev–Trinajstić information content (AvgIpc) is 3.34. The van der Waals surface area contributed by atoms with Gasteiger partial charge in [0.15, 0.2) is 6.20 Å². The minimum atomic E-state index is 0.421. The van der Waals surface area contributed by atoms with E-state index in [4.69, 9.17) is 4.42 Å². The number of benzene rings is 5. The van der Waals surface area contributed by atoms with E-state index in [0.29, 0.717) is 11.5 Å². The van der Waals surface area contributed by atoms with Gasteiger partial charge in [0.25, 0.3) is 0 Å². The molecule has 0 fully saturated rings. The van der Waals surface area contributed by atoms with Crippen molar-refractivity contribution in [1.29, 1.82) is 5.26 Å². The molecule has 3 nitrogen and oxygen atoms in total. The maximum atomic E-state index is 10.2. The molecule has 0 saturated heterocycles. The lowest BCUT2D eigenvalue weighted by Crippen LogP contribution is -2.31. The zero-order chi connectivity index (χ0) is 27.5. The smallest absolute Gasteiger partial charge is 0.216 e. The first kappa shape index (κ1) is 24.1. The van der Waals surface area contributed by atoms with E-state index in [9.17, 15) is 5.26 Å². The molecule has 0 bridgehead atoms. The monoisotopic (exact) mass is 517 g/mol. The van der Waals surface area contributed by atoms with E-state index in [1.54, 1.807) is 0 Å². The number of pyridine rings is 1. The number of aromatic nitrogens is 1. The Hall–Kier alpha value is -4.94. The summed E-state index contributed by atoms with van der Waals surface area (Å²) in [6, 6.07) is 34.5. The Morgan fingerprint density at radius 1 is 0.725 bits per heavy atom. The van der Waals surface area contributed by atoms with Crippen molar-refractivity contribution >= 4 is 43.5 Å². The van der Waals surface area contributed by atoms with E-state index >= 15 is 0 Å². The summed E-state index contributed by atoms with van der Waals surface area (Å²) in [5, 5.41) is 17.0. The van der Waals surface area contributed by atoms with Crippen LogP contribution >= 0.6 is 0 Å². The minimum Gasteiger partial charge on any atom is -0.454 e. The van der Waals surface area contributed by atoms with E-state index in [1.165, 1.54) is 21.7 Å². The van der Waals surface area contributed by atoms with Crippen LogP contribution in [0.3, 0.4) is 0 Å². The third-order valence-electron chi connectivity index (χ3n) is 8.23. The first-order chi connectivity index (χ1) is 19.4. The predicted octanol–water partition coefficient (Wildman–Crippen LogP) is 9.35. The van der Waals surface area contributed by atoms with Crippen LogP contribution in [0.15, 0.2) is 102 Å². The number of nitrogens with zero attached hydrogens (tertiary/aromatic N) is 2. The van der Waals surface area contributed by atoms with Crippen LogP contribution in [0, 0.1) is 18.3 Å². The normalized spacial score (nSPS) is 11.7. The van der Waals surface area contributed by atoms with Gasteiger partial charge in [-0.25, -0.2) is 4.57 Å². The summed E-state index contributed by atoms with van der Waals surface area (Å²) in [4.78, 5) is 0. The molecule has 0 radical (unpaired) electrons. The second-order valence-electron chi connectivity index (χ2n) is 11.1. The zero-order valence-corrected chi connectivity index (χ0v) is 23.1. The van der Waals surface area contributed by atoms with Gasteiger partial charge in [-0.05, 0) is 81.4 Å². The highest BCUT2D eigenvalue weighted by Gasteiger charge is 2.24. The van der Waals surface area contributed by atoms with Crippen LogP contribution in [-0.4, -0.2) is 0 Å². The highest BCUT2D eigenvalue weighted by atomic mass is 16.3. The molecular weight excluding hydrogens is 488 g/mol. The van der Waals surface area contributed by atoms with Crippen molar-refractivity contribution in [3.8, 4) is 28.5 Å². The Morgan fingerprint density at radius 2 is 1.40 bits per heavy atom. The van der Waals surface area contributed by atoms with Crippen LogP contribution in [-0.2, 0) is 7.05 Å². The zero-order valence-electron chi connectivity index (χ0n) is 23.1. The lowest BCUT2D eigenvalue weighted by atomic mass is 9.93. The molecule has 0 spiro atoms. The molecule has 40 heavy (non-hydrogen) atoms. The molecule has 0 aliphatic carbocycles. The van der Waals surface area contributed by atoms with Gasteiger partial charge >= 0.3 is 0 Å². The van der Waals surface area contributed by atoms with Crippen LogP contribution in [0.2, 0.25) is 0 Å². The average molecular weight is 518 g/mol. The Balaban J connectivity index is 1.52. The molecule has 3 heteroatoms. The van der Waals surface area contributed by atoms with E-state index in [2.05, 4.69) is 124 Å². The van der Waals surface area contributed by atoms with Crippen molar-refractivity contribution in [2.24, 2.45) is 7.05 Å². The summed E-state index contributed by atoms with van der Waals surface area (Å²) in [5.41, 5.74) is 8.70. The Morgan fingerprint density at radius 3 is 2.12 bits per heavy atom. The topological polar surface area (TPSA) is 40.8 Å². The number of hydrogen-bond acceptors (Lipinski definition) is 2. The van der Waals surface area contributed by atoms with Gasteiger partial charge in [0.05, 0.1) is 17.2 Å². The molecule has 0 aliphatic heterocycles. The fourth-order valence-corrected chi connectivity index (χ4v) is 5.99. The molecule has 0 aliphatic rings. The number of fused-ring (bicyclic) bond motifs is 5. The standard InChI is InChI=1S/C37H29N2O/c1-22(2)24-15-16-39(4)33(20-24)34-23(3)9-13-31-32-14-12-29(21-38)35(37(32)40-36(31)34)28-11-10-27-17-25-7-5-6-8-26(25)18-30(27)19-28/h5-20,22H,1-4H3/q+1. The molecule has 7 rings (SSSR count). The number of rotatable bonds is 3. The van der Waals surface area contributed by atoms with Crippen molar-refractivity contribution in [3.63, 3.8) is 0 Å². The summed E-state index contributed by atoms with van der Waals surface area (Å²) >= 11 is 0. The molecule has 5 aromatic carbocycles. The van der Waals surface area contributed by atoms with Crippen molar-refractivity contribution in [2.45, 2.75) is 26.7 Å². The molecule has 0 N–H and O–H groups in total. The highest BCUT2D eigenvalue weighted by molar-refractivity contribution is 6.14. The lowest BCUT2D eigenvalue weighted by Gasteiger charge is -2.09. The Bertz CT molecular complexity index is 2180. The molecule has 2 heterocycles. The summed E-state index contributed by atoms with van der Waals surface area (Å²) in [7, 11) is 2.08. The van der Waals surface area contributed by atoms with Crippen LogP contribution in [0.5, 0.6) is 0 Å². The maximum absolute atomic E-state index is 10.2. The van der Waals surface area contributed by atoms with E-state index in [1.807, 2.05) is 12.1 Å². The summed E-state index contributed by atoms with van der Waals surface area (Å²) in [5.74, 6) is 0.421. The maximum Gasteiger partial charge on any atom is 0.216 e. The molecule has 0 unspecified atom stereocenters. The third-order valence-corrected chi connectivity index (χ3v) is 8.23. The van der Waals surface area contributed by atoms with Gasteiger partial charge in [0.2, 0.25) is 5.69 Å². The van der Waals surface area contributed by atoms with Gasteiger partial charge in [0.1, 0.15) is 18.2 Å². The molecular formula is C37H29N2O+. The molecule has 0 amide bonds. The van der Waals surface area contributed by atoms with Gasteiger partial charge in [0, 0.05) is 28.5 Å². The first-order valence-corrected chi connectivity index (χ1v) is 13.7. The third kappa shape index (κ3) is 3.68. The second kappa shape index (κ2) is 9.07. The van der Waals surface area contributed by atoms with Crippen LogP contribution in [0.1, 0.15) is 36.5 Å². The Kier molecular flexibility index (Phi) is 5.47. The quantitative estimate of drug-likeness (QED) is 0.173. The molecule has 7 aromatic rings. The second-order valence-corrected chi connectivity index (χ2v) is 11.1. The summed E-state index contributed by atoms with van der Waals surface area (Å²) in [6.45, 7) is 6.57. The van der Waals surface area contributed by atoms with Crippen molar-refractivity contribution < 1.29 is 8.98 Å². The van der Waals surface area contributed by atoms with Gasteiger partial charge in [-0.1, -0.05) is 62.4 Å². The molecule has 0 atom stereocenters. The van der Waals surface area contributed by atoms with Gasteiger partial charge in [-0.2, -0.15) is 5.26 Å².